The van der Waals surface area contributed by atoms with Crippen LogP contribution in [0.15, 0.2) is 17.5 Å². The fourth-order valence-electron chi connectivity index (χ4n) is 1.33. The van der Waals surface area contributed by atoms with E-state index in [0.29, 0.717) is 18.1 Å². The lowest BCUT2D eigenvalue weighted by atomic mass is 10.1. The van der Waals surface area contributed by atoms with Crippen molar-refractivity contribution in [2.45, 2.75) is 13.8 Å². The average molecular weight is 256 g/mol. The first kappa shape index (κ1) is 13.1. The van der Waals surface area contributed by atoms with Crippen LogP contribution in [0.4, 0.5) is 0 Å². The highest BCUT2D eigenvalue weighted by molar-refractivity contribution is 7.80. The van der Waals surface area contributed by atoms with Gasteiger partial charge in [-0.3, -0.25) is 4.79 Å². The maximum absolute atomic E-state index is 12.0. The summed E-state index contributed by atoms with van der Waals surface area (Å²) in [5.41, 5.74) is 5.55. The standard InChI is InChI=1S/C11H16N2OS2/c1-3-13(7-8(2)10(12)15)11(14)9-5-4-6-16-9/h4-6,8H,3,7H2,1-2H3,(H2,12,15). The van der Waals surface area contributed by atoms with Gasteiger partial charge in [-0.1, -0.05) is 25.2 Å². The first-order chi connectivity index (χ1) is 7.56. The Morgan fingerprint density at radius 3 is 2.81 bits per heavy atom. The Hall–Kier alpha value is -0.940. The molecule has 1 aromatic heterocycles. The van der Waals surface area contributed by atoms with Gasteiger partial charge in [0.25, 0.3) is 5.91 Å². The highest BCUT2D eigenvalue weighted by atomic mass is 32.1. The molecule has 1 heterocycles. The minimum Gasteiger partial charge on any atom is -0.393 e. The summed E-state index contributed by atoms with van der Waals surface area (Å²) in [5.74, 6) is 0.111. The van der Waals surface area contributed by atoms with Crippen molar-refractivity contribution in [3.05, 3.63) is 22.4 Å². The van der Waals surface area contributed by atoms with E-state index in [1.54, 1.807) is 4.90 Å². The van der Waals surface area contributed by atoms with Crippen molar-refractivity contribution in [3.63, 3.8) is 0 Å². The zero-order valence-electron chi connectivity index (χ0n) is 9.47. The number of thiocarbonyl (C=S) groups is 1. The van der Waals surface area contributed by atoms with E-state index >= 15 is 0 Å². The van der Waals surface area contributed by atoms with Gasteiger partial charge in [-0.2, -0.15) is 0 Å². The van der Waals surface area contributed by atoms with Gasteiger partial charge in [-0.25, -0.2) is 0 Å². The van der Waals surface area contributed by atoms with Crippen molar-refractivity contribution in [1.29, 1.82) is 0 Å². The number of carbonyl (C=O) groups excluding carboxylic acids is 1. The molecule has 2 N–H and O–H groups in total. The van der Waals surface area contributed by atoms with Crippen LogP contribution >= 0.6 is 23.6 Å². The molecule has 88 valence electrons. The van der Waals surface area contributed by atoms with Gasteiger partial charge in [0.1, 0.15) is 0 Å². The summed E-state index contributed by atoms with van der Waals surface area (Å²) in [7, 11) is 0. The number of thiophene rings is 1. The van der Waals surface area contributed by atoms with Crippen molar-refractivity contribution in [1.82, 2.24) is 4.90 Å². The molecule has 1 unspecified atom stereocenters. The van der Waals surface area contributed by atoms with Crippen LogP contribution in [0.25, 0.3) is 0 Å². The predicted octanol–water partition coefficient (Wildman–Crippen LogP) is 2.13. The Balaban J connectivity index is 2.68. The smallest absolute Gasteiger partial charge is 0.263 e. The van der Waals surface area contributed by atoms with Gasteiger partial charge in [0.15, 0.2) is 0 Å². The maximum atomic E-state index is 12.0. The molecule has 0 aliphatic rings. The average Bonchev–Trinajstić information content (AvgIpc) is 2.77. The van der Waals surface area contributed by atoms with Gasteiger partial charge >= 0.3 is 0 Å². The van der Waals surface area contributed by atoms with Crippen molar-refractivity contribution < 1.29 is 4.79 Å². The van der Waals surface area contributed by atoms with E-state index in [-0.39, 0.29) is 11.8 Å². The molecule has 1 atom stereocenters. The first-order valence-electron chi connectivity index (χ1n) is 5.18. The normalized spacial score (nSPS) is 12.1. The van der Waals surface area contributed by atoms with E-state index in [9.17, 15) is 4.79 Å². The molecule has 0 radical (unpaired) electrons. The van der Waals surface area contributed by atoms with Gasteiger partial charge in [-0.05, 0) is 18.4 Å². The molecule has 3 nitrogen and oxygen atoms in total. The van der Waals surface area contributed by atoms with Gasteiger partial charge in [0, 0.05) is 19.0 Å². The quantitative estimate of drug-likeness (QED) is 0.821. The zero-order valence-corrected chi connectivity index (χ0v) is 11.1. The molecule has 1 amide bonds. The van der Waals surface area contributed by atoms with Crippen molar-refractivity contribution in [3.8, 4) is 0 Å². The maximum Gasteiger partial charge on any atom is 0.263 e. The Morgan fingerprint density at radius 2 is 2.38 bits per heavy atom. The van der Waals surface area contributed by atoms with Crippen LogP contribution in [-0.2, 0) is 0 Å². The Morgan fingerprint density at radius 1 is 1.69 bits per heavy atom. The van der Waals surface area contributed by atoms with Crippen molar-refractivity contribution in [2.24, 2.45) is 11.7 Å². The third-order valence-electron chi connectivity index (χ3n) is 2.38. The van der Waals surface area contributed by atoms with Gasteiger partial charge in [-0.15, -0.1) is 11.3 Å². The molecule has 1 aromatic rings. The van der Waals surface area contributed by atoms with E-state index in [4.69, 9.17) is 18.0 Å². The molecule has 0 aliphatic heterocycles. The number of hydrogen-bond acceptors (Lipinski definition) is 3. The molecule has 0 saturated heterocycles. The summed E-state index contributed by atoms with van der Waals surface area (Å²) in [6.45, 7) is 5.15. The van der Waals surface area contributed by atoms with Crippen LogP contribution in [0.5, 0.6) is 0 Å². The van der Waals surface area contributed by atoms with Crippen molar-refractivity contribution in [2.75, 3.05) is 13.1 Å². The monoisotopic (exact) mass is 256 g/mol. The van der Waals surface area contributed by atoms with Crippen LogP contribution in [0.3, 0.4) is 0 Å². The van der Waals surface area contributed by atoms with E-state index in [0.717, 1.165) is 4.88 Å². The summed E-state index contributed by atoms with van der Waals surface area (Å²) in [6, 6.07) is 3.71. The molecule has 0 aromatic carbocycles. The first-order valence-corrected chi connectivity index (χ1v) is 6.47. The second-order valence-corrected chi connectivity index (χ2v) is 5.04. The summed E-state index contributed by atoms with van der Waals surface area (Å²) in [6.07, 6.45) is 0. The fourth-order valence-corrected chi connectivity index (χ4v) is 2.10. The van der Waals surface area contributed by atoms with E-state index in [1.165, 1.54) is 11.3 Å². The molecule has 0 aliphatic carbocycles. The largest absolute Gasteiger partial charge is 0.393 e. The lowest BCUT2D eigenvalue weighted by molar-refractivity contribution is 0.0760. The molecular weight excluding hydrogens is 240 g/mol. The van der Waals surface area contributed by atoms with Crippen LogP contribution in [0, 0.1) is 5.92 Å². The molecule has 0 spiro atoms. The minimum absolute atomic E-state index is 0.0545. The summed E-state index contributed by atoms with van der Waals surface area (Å²) >= 11 is 6.37. The second kappa shape index (κ2) is 5.96. The van der Waals surface area contributed by atoms with Gasteiger partial charge < -0.3 is 10.6 Å². The van der Waals surface area contributed by atoms with Crippen LogP contribution in [0.1, 0.15) is 23.5 Å². The highest BCUT2D eigenvalue weighted by Crippen LogP contribution is 2.13. The lowest BCUT2D eigenvalue weighted by Crippen LogP contribution is -2.37. The Kier molecular flexibility index (Phi) is 4.89. The van der Waals surface area contributed by atoms with Crippen LogP contribution < -0.4 is 5.73 Å². The molecule has 5 heteroatoms. The number of nitrogens with zero attached hydrogens (tertiary/aromatic N) is 1. The van der Waals surface area contributed by atoms with E-state index in [1.807, 2.05) is 31.4 Å². The topological polar surface area (TPSA) is 46.3 Å². The van der Waals surface area contributed by atoms with Crippen LogP contribution in [0.2, 0.25) is 0 Å². The van der Waals surface area contributed by atoms with Gasteiger partial charge in [0.2, 0.25) is 0 Å². The van der Waals surface area contributed by atoms with E-state index in [2.05, 4.69) is 0 Å². The third-order valence-corrected chi connectivity index (χ3v) is 3.64. The number of carbonyl (C=O) groups is 1. The molecular formula is C11H16N2OS2. The Bertz CT molecular complexity index is 362. The number of amides is 1. The molecule has 0 bridgehead atoms. The van der Waals surface area contributed by atoms with Crippen LogP contribution in [-0.4, -0.2) is 28.9 Å². The lowest BCUT2D eigenvalue weighted by Gasteiger charge is -2.23. The molecule has 0 fully saturated rings. The second-order valence-electron chi connectivity index (χ2n) is 3.62. The van der Waals surface area contributed by atoms with E-state index < -0.39 is 0 Å². The predicted molar refractivity (Wildman–Crippen MR) is 71.8 cm³/mol. The number of nitrogens with two attached hydrogens (primary N) is 1. The number of rotatable bonds is 5. The molecule has 0 saturated carbocycles. The highest BCUT2D eigenvalue weighted by Gasteiger charge is 2.18. The third kappa shape index (κ3) is 3.28. The molecule has 1 rings (SSSR count). The summed E-state index contributed by atoms with van der Waals surface area (Å²) in [5, 5.41) is 1.90. The molecule has 16 heavy (non-hydrogen) atoms. The Labute approximate surface area is 105 Å². The summed E-state index contributed by atoms with van der Waals surface area (Å²) in [4.78, 5) is 15.0. The summed E-state index contributed by atoms with van der Waals surface area (Å²) < 4.78 is 0. The van der Waals surface area contributed by atoms with Crippen molar-refractivity contribution >= 4 is 34.5 Å². The fraction of sp³-hybridized carbons (Fsp3) is 0.455. The number of hydrogen-bond donors (Lipinski definition) is 1. The zero-order chi connectivity index (χ0) is 12.1. The van der Waals surface area contributed by atoms with Gasteiger partial charge in [0.05, 0.1) is 9.87 Å². The SMILES string of the molecule is CCN(CC(C)C(N)=S)C(=O)c1cccs1. The minimum atomic E-state index is 0.0545.